The van der Waals surface area contributed by atoms with Gasteiger partial charge in [0, 0.05) is 13.2 Å². The summed E-state index contributed by atoms with van der Waals surface area (Å²) in [6.45, 7) is 11.1. The van der Waals surface area contributed by atoms with E-state index in [9.17, 15) is 0 Å². The van der Waals surface area contributed by atoms with Crippen molar-refractivity contribution in [3.05, 3.63) is 34.9 Å². The molecule has 0 saturated carbocycles. The van der Waals surface area contributed by atoms with Crippen molar-refractivity contribution in [1.29, 1.82) is 0 Å². The van der Waals surface area contributed by atoms with Gasteiger partial charge in [-0.25, -0.2) is 0 Å². The molecule has 1 rings (SSSR count). The van der Waals surface area contributed by atoms with Crippen LogP contribution in [0.15, 0.2) is 18.2 Å². The lowest BCUT2D eigenvalue weighted by Crippen LogP contribution is -2.30. The third kappa shape index (κ3) is 4.43. The topological polar surface area (TPSA) is 15.3 Å². The molecule has 0 aliphatic rings. The van der Waals surface area contributed by atoms with E-state index in [0.717, 1.165) is 19.6 Å². The maximum Gasteiger partial charge on any atom is 0.0475 e. The molecule has 2 heteroatoms. The first-order valence-corrected chi connectivity index (χ1v) is 6.77. The van der Waals surface area contributed by atoms with Gasteiger partial charge in [0.15, 0.2) is 0 Å². The second kappa shape index (κ2) is 6.35. The Hall–Kier alpha value is -0.860. The second-order valence-corrected chi connectivity index (χ2v) is 6.23. The van der Waals surface area contributed by atoms with Gasteiger partial charge in [0.1, 0.15) is 0 Å². The van der Waals surface area contributed by atoms with Gasteiger partial charge in [-0.2, -0.15) is 0 Å². The molecule has 0 bridgehead atoms. The quantitative estimate of drug-likeness (QED) is 0.806. The number of nitrogens with zero attached hydrogens (tertiary/aromatic N) is 1. The Bertz CT molecular complexity index is 377. The summed E-state index contributed by atoms with van der Waals surface area (Å²) in [6.07, 6.45) is 1.12. The van der Waals surface area contributed by atoms with Crippen LogP contribution in [0.4, 0.5) is 0 Å². The molecule has 0 aliphatic carbocycles. The summed E-state index contributed by atoms with van der Waals surface area (Å²) >= 11 is 0. The van der Waals surface area contributed by atoms with Gasteiger partial charge in [0.2, 0.25) is 0 Å². The van der Waals surface area contributed by atoms with Crippen LogP contribution < -0.4 is 5.32 Å². The molecule has 0 spiro atoms. The number of nitrogens with one attached hydrogen (secondary N) is 1. The first-order valence-electron chi connectivity index (χ1n) is 6.77. The molecule has 0 radical (unpaired) electrons. The average molecular weight is 248 g/mol. The summed E-state index contributed by atoms with van der Waals surface area (Å²) in [4.78, 5) is 2.30. The molecule has 18 heavy (non-hydrogen) atoms. The van der Waals surface area contributed by atoms with Crippen LogP contribution in [0.5, 0.6) is 0 Å². The Kier molecular flexibility index (Phi) is 5.36. The fraction of sp³-hybridized carbons (Fsp3) is 0.625. The van der Waals surface area contributed by atoms with Crippen molar-refractivity contribution < 1.29 is 0 Å². The molecule has 0 heterocycles. The molecular weight excluding hydrogens is 220 g/mol. The van der Waals surface area contributed by atoms with Gasteiger partial charge in [-0.15, -0.1) is 0 Å². The highest BCUT2D eigenvalue weighted by molar-refractivity contribution is 5.34. The van der Waals surface area contributed by atoms with Gasteiger partial charge in [-0.05, 0) is 49.5 Å². The van der Waals surface area contributed by atoms with Crippen LogP contribution in [0.2, 0.25) is 0 Å². The Morgan fingerprint density at radius 1 is 1.22 bits per heavy atom. The van der Waals surface area contributed by atoms with Crippen LogP contribution in [-0.2, 0) is 11.8 Å². The SMILES string of the molecule is CNCN(C)CCc1ccc(C(C)(C)C)cc1C. The third-order valence-corrected chi connectivity index (χ3v) is 3.40. The molecule has 0 fully saturated rings. The van der Waals surface area contributed by atoms with Gasteiger partial charge >= 0.3 is 0 Å². The molecule has 0 unspecified atom stereocenters. The monoisotopic (exact) mass is 248 g/mol. The van der Waals surface area contributed by atoms with Crippen molar-refractivity contribution in [2.24, 2.45) is 0 Å². The number of likely N-dealkylation sites (N-methyl/N-ethyl adjacent to an activating group) is 1. The zero-order valence-electron chi connectivity index (χ0n) is 12.8. The van der Waals surface area contributed by atoms with Crippen molar-refractivity contribution in [3.8, 4) is 0 Å². The van der Waals surface area contributed by atoms with Crippen molar-refractivity contribution >= 4 is 0 Å². The second-order valence-electron chi connectivity index (χ2n) is 6.23. The Labute approximate surface area is 112 Å². The average Bonchev–Trinajstić information content (AvgIpc) is 2.26. The number of hydrogen-bond acceptors (Lipinski definition) is 2. The van der Waals surface area contributed by atoms with Gasteiger partial charge < -0.3 is 5.32 Å². The van der Waals surface area contributed by atoms with Crippen LogP contribution in [0.25, 0.3) is 0 Å². The zero-order valence-corrected chi connectivity index (χ0v) is 12.8. The maximum atomic E-state index is 3.17. The van der Waals surface area contributed by atoms with Gasteiger partial charge in [0.05, 0.1) is 0 Å². The van der Waals surface area contributed by atoms with E-state index in [2.05, 4.69) is 63.2 Å². The van der Waals surface area contributed by atoms with E-state index in [1.54, 1.807) is 0 Å². The normalized spacial score (nSPS) is 12.2. The zero-order chi connectivity index (χ0) is 13.8. The number of rotatable bonds is 5. The first kappa shape index (κ1) is 15.2. The van der Waals surface area contributed by atoms with E-state index in [-0.39, 0.29) is 5.41 Å². The van der Waals surface area contributed by atoms with E-state index < -0.39 is 0 Å². The van der Waals surface area contributed by atoms with Crippen molar-refractivity contribution in [2.45, 2.75) is 39.5 Å². The van der Waals surface area contributed by atoms with E-state index in [4.69, 9.17) is 0 Å². The van der Waals surface area contributed by atoms with E-state index >= 15 is 0 Å². The summed E-state index contributed by atoms with van der Waals surface area (Å²) in [5.74, 6) is 0. The summed E-state index contributed by atoms with van der Waals surface area (Å²) in [5.41, 5.74) is 4.55. The standard InChI is InChI=1S/C16H28N2/c1-13-11-15(16(2,3)4)8-7-14(13)9-10-18(6)12-17-5/h7-8,11,17H,9-10,12H2,1-6H3. The lowest BCUT2D eigenvalue weighted by Gasteiger charge is -2.21. The Morgan fingerprint density at radius 2 is 1.89 bits per heavy atom. The lowest BCUT2D eigenvalue weighted by atomic mass is 9.85. The summed E-state index contributed by atoms with van der Waals surface area (Å²) < 4.78 is 0. The number of benzene rings is 1. The van der Waals surface area contributed by atoms with E-state index in [1.165, 1.54) is 16.7 Å². The van der Waals surface area contributed by atoms with Gasteiger partial charge in [-0.1, -0.05) is 39.0 Å². The Morgan fingerprint density at radius 3 is 2.39 bits per heavy atom. The molecule has 0 atom stereocenters. The molecule has 0 amide bonds. The predicted octanol–water partition coefficient (Wildman–Crippen LogP) is 2.94. The fourth-order valence-corrected chi connectivity index (χ4v) is 2.10. The Balaban J connectivity index is 2.69. The lowest BCUT2D eigenvalue weighted by molar-refractivity contribution is 0.321. The largest absolute Gasteiger partial charge is 0.307 e. The van der Waals surface area contributed by atoms with Crippen LogP contribution >= 0.6 is 0 Å². The highest BCUT2D eigenvalue weighted by Gasteiger charge is 2.14. The van der Waals surface area contributed by atoms with Crippen LogP contribution in [0, 0.1) is 6.92 Å². The molecule has 102 valence electrons. The smallest absolute Gasteiger partial charge is 0.0475 e. The fourth-order valence-electron chi connectivity index (χ4n) is 2.10. The molecule has 2 nitrogen and oxygen atoms in total. The van der Waals surface area contributed by atoms with E-state index in [1.807, 2.05) is 7.05 Å². The van der Waals surface area contributed by atoms with Crippen molar-refractivity contribution in [2.75, 3.05) is 27.3 Å². The van der Waals surface area contributed by atoms with Crippen molar-refractivity contribution in [1.82, 2.24) is 10.2 Å². The van der Waals surface area contributed by atoms with Crippen LogP contribution in [-0.4, -0.2) is 32.2 Å². The first-order chi connectivity index (χ1) is 8.34. The number of aryl methyl sites for hydroxylation is 1. The van der Waals surface area contributed by atoms with Crippen molar-refractivity contribution in [3.63, 3.8) is 0 Å². The highest BCUT2D eigenvalue weighted by Crippen LogP contribution is 2.24. The molecule has 1 N–H and O–H groups in total. The molecular formula is C16H28N2. The minimum absolute atomic E-state index is 0.242. The molecule has 1 aromatic rings. The third-order valence-electron chi connectivity index (χ3n) is 3.40. The summed E-state index contributed by atoms with van der Waals surface area (Å²) in [6, 6.07) is 6.91. The van der Waals surface area contributed by atoms with Gasteiger partial charge in [0.25, 0.3) is 0 Å². The summed E-state index contributed by atoms with van der Waals surface area (Å²) in [7, 11) is 4.13. The van der Waals surface area contributed by atoms with E-state index in [0.29, 0.717) is 0 Å². The minimum Gasteiger partial charge on any atom is -0.307 e. The predicted molar refractivity (Wildman–Crippen MR) is 80.1 cm³/mol. The molecule has 0 saturated heterocycles. The van der Waals surface area contributed by atoms with Crippen LogP contribution in [0.3, 0.4) is 0 Å². The molecule has 0 aromatic heterocycles. The van der Waals surface area contributed by atoms with Gasteiger partial charge in [-0.3, -0.25) is 4.90 Å². The maximum absolute atomic E-state index is 3.17. The highest BCUT2D eigenvalue weighted by atomic mass is 15.2. The molecule has 1 aromatic carbocycles. The van der Waals surface area contributed by atoms with Crippen LogP contribution in [0.1, 0.15) is 37.5 Å². The minimum atomic E-state index is 0.242. The number of hydrogen-bond donors (Lipinski definition) is 1. The molecule has 0 aliphatic heterocycles. The summed E-state index contributed by atoms with van der Waals surface area (Å²) in [5, 5.41) is 3.17.